The molecule has 1 N–H and O–H groups in total. The summed E-state index contributed by atoms with van der Waals surface area (Å²) in [4.78, 5) is 4.53. The van der Waals surface area contributed by atoms with Crippen LogP contribution >= 0.6 is 11.6 Å². The first kappa shape index (κ1) is 15.4. The molecule has 2 aromatic carbocycles. The predicted octanol–water partition coefficient (Wildman–Crippen LogP) is 4.20. The van der Waals surface area contributed by atoms with Crippen molar-refractivity contribution in [1.29, 1.82) is 0 Å². The van der Waals surface area contributed by atoms with Crippen LogP contribution in [0.2, 0.25) is 5.02 Å². The van der Waals surface area contributed by atoms with Crippen molar-refractivity contribution in [3.63, 3.8) is 0 Å². The van der Waals surface area contributed by atoms with Gasteiger partial charge in [0.25, 0.3) is 0 Å². The molecule has 0 spiro atoms. The van der Waals surface area contributed by atoms with Crippen molar-refractivity contribution < 1.29 is 9.47 Å². The van der Waals surface area contributed by atoms with Gasteiger partial charge in [0, 0.05) is 16.1 Å². The molecule has 1 aromatic heterocycles. The second-order valence-corrected chi connectivity index (χ2v) is 5.25. The van der Waals surface area contributed by atoms with Crippen LogP contribution < -0.4 is 9.47 Å². The summed E-state index contributed by atoms with van der Waals surface area (Å²) >= 11 is 5.90. The molecule has 0 aliphatic rings. The summed E-state index contributed by atoms with van der Waals surface area (Å²) in [6.07, 6.45) is 0. The van der Waals surface area contributed by atoms with Gasteiger partial charge in [-0.2, -0.15) is 5.10 Å². The molecule has 0 fully saturated rings. The summed E-state index contributed by atoms with van der Waals surface area (Å²) in [6, 6.07) is 13.0. The van der Waals surface area contributed by atoms with Crippen molar-refractivity contribution in [3.8, 4) is 34.3 Å². The Morgan fingerprint density at radius 2 is 1.78 bits per heavy atom. The fourth-order valence-corrected chi connectivity index (χ4v) is 2.34. The molecule has 118 valence electrons. The zero-order valence-electron chi connectivity index (χ0n) is 12.8. The van der Waals surface area contributed by atoms with Crippen molar-refractivity contribution in [2.75, 3.05) is 13.7 Å². The number of aromatic nitrogens is 3. The van der Waals surface area contributed by atoms with Crippen molar-refractivity contribution in [2.45, 2.75) is 6.92 Å². The largest absolute Gasteiger partial charge is 0.493 e. The van der Waals surface area contributed by atoms with Crippen LogP contribution in [0.5, 0.6) is 11.5 Å². The van der Waals surface area contributed by atoms with E-state index in [-0.39, 0.29) is 0 Å². The molecule has 5 nitrogen and oxygen atoms in total. The molecule has 0 atom stereocenters. The van der Waals surface area contributed by atoms with Crippen molar-refractivity contribution in [3.05, 3.63) is 47.5 Å². The van der Waals surface area contributed by atoms with E-state index < -0.39 is 0 Å². The molecule has 6 heteroatoms. The Kier molecular flexibility index (Phi) is 4.48. The van der Waals surface area contributed by atoms with Gasteiger partial charge in [-0.3, -0.25) is 5.10 Å². The molecule has 0 saturated heterocycles. The number of H-pyrrole nitrogens is 1. The lowest BCUT2D eigenvalue weighted by Crippen LogP contribution is -1.95. The molecule has 0 saturated carbocycles. The number of nitrogens with zero attached hydrogens (tertiary/aromatic N) is 2. The molecule has 0 aliphatic carbocycles. The molecule has 23 heavy (non-hydrogen) atoms. The number of ether oxygens (including phenoxy) is 2. The molecule has 3 aromatic rings. The summed E-state index contributed by atoms with van der Waals surface area (Å²) < 4.78 is 10.9. The van der Waals surface area contributed by atoms with E-state index in [0.717, 1.165) is 11.1 Å². The average molecular weight is 330 g/mol. The minimum absolute atomic E-state index is 0.580. The Morgan fingerprint density at radius 3 is 2.48 bits per heavy atom. The van der Waals surface area contributed by atoms with E-state index >= 15 is 0 Å². The van der Waals surface area contributed by atoms with Crippen LogP contribution in [0, 0.1) is 0 Å². The average Bonchev–Trinajstić information content (AvgIpc) is 3.06. The van der Waals surface area contributed by atoms with Gasteiger partial charge in [-0.1, -0.05) is 11.6 Å². The van der Waals surface area contributed by atoms with Gasteiger partial charge >= 0.3 is 0 Å². The summed E-state index contributed by atoms with van der Waals surface area (Å²) in [6.45, 7) is 2.51. The SMILES string of the molecule is CCOc1ccc(-c2n[nH]c(-c3ccc(Cl)cc3)n2)cc1OC. The van der Waals surface area contributed by atoms with Gasteiger partial charge in [0.05, 0.1) is 13.7 Å². The van der Waals surface area contributed by atoms with Gasteiger partial charge in [0.15, 0.2) is 23.1 Å². The minimum Gasteiger partial charge on any atom is -0.493 e. The zero-order chi connectivity index (χ0) is 16.2. The van der Waals surface area contributed by atoms with E-state index in [1.165, 1.54) is 0 Å². The highest BCUT2D eigenvalue weighted by Gasteiger charge is 2.11. The van der Waals surface area contributed by atoms with Crippen LogP contribution in [-0.2, 0) is 0 Å². The Labute approximate surface area is 139 Å². The predicted molar refractivity (Wildman–Crippen MR) is 90.0 cm³/mol. The van der Waals surface area contributed by atoms with Gasteiger partial charge < -0.3 is 9.47 Å². The van der Waals surface area contributed by atoms with Crippen LogP contribution in [-0.4, -0.2) is 28.9 Å². The van der Waals surface area contributed by atoms with Crippen molar-refractivity contribution in [2.24, 2.45) is 0 Å². The number of benzene rings is 2. The number of aromatic amines is 1. The Balaban J connectivity index is 1.92. The zero-order valence-corrected chi connectivity index (χ0v) is 13.6. The van der Waals surface area contributed by atoms with E-state index in [9.17, 15) is 0 Å². The lowest BCUT2D eigenvalue weighted by Gasteiger charge is -2.09. The van der Waals surface area contributed by atoms with E-state index in [4.69, 9.17) is 21.1 Å². The second-order valence-electron chi connectivity index (χ2n) is 4.81. The number of rotatable bonds is 5. The summed E-state index contributed by atoms with van der Waals surface area (Å²) in [5.41, 5.74) is 1.77. The molecule has 0 amide bonds. The third-order valence-corrected chi connectivity index (χ3v) is 3.58. The highest BCUT2D eigenvalue weighted by Crippen LogP contribution is 2.32. The summed E-state index contributed by atoms with van der Waals surface area (Å²) in [5.74, 6) is 2.63. The van der Waals surface area contributed by atoms with Gasteiger partial charge in [0.1, 0.15) is 0 Å². The normalized spacial score (nSPS) is 10.6. The van der Waals surface area contributed by atoms with Crippen LogP contribution in [0.3, 0.4) is 0 Å². The first-order valence-corrected chi connectivity index (χ1v) is 7.58. The Hall–Kier alpha value is -2.53. The molecule has 1 heterocycles. The van der Waals surface area contributed by atoms with Crippen molar-refractivity contribution in [1.82, 2.24) is 15.2 Å². The number of halogens is 1. The fourth-order valence-electron chi connectivity index (χ4n) is 2.21. The third kappa shape index (κ3) is 3.29. The molecule has 3 rings (SSSR count). The van der Waals surface area contributed by atoms with Crippen LogP contribution in [0.1, 0.15) is 6.92 Å². The second kappa shape index (κ2) is 6.71. The van der Waals surface area contributed by atoms with E-state index in [1.54, 1.807) is 7.11 Å². The van der Waals surface area contributed by atoms with Gasteiger partial charge in [-0.05, 0) is 49.4 Å². The van der Waals surface area contributed by atoms with Crippen LogP contribution in [0.25, 0.3) is 22.8 Å². The maximum absolute atomic E-state index is 5.90. The molecular formula is C17H16ClN3O2. The van der Waals surface area contributed by atoms with Gasteiger partial charge in [-0.25, -0.2) is 4.98 Å². The van der Waals surface area contributed by atoms with Crippen LogP contribution in [0.4, 0.5) is 0 Å². The molecule has 0 aliphatic heterocycles. The first-order valence-electron chi connectivity index (χ1n) is 7.21. The standard InChI is InChI=1S/C17H16ClN3O2/c1-3-23-14-9-6-12(10-15(14)22-2)17-19-16(20-21-17)11-4-7-13(18)8-5-11/h4-10H,3H2,1-2H3,(H,19,20,21). The summed E-state index contributed by atoms with van der Waals surface area (Å²) in [7, 11) is 1.61. The number of hydrogen-bond donors (Lipinski definition) is 1. The first-order chi connectivity index (χ1) is 11.2. The molecular weight excluding hydrogens is 314 g/mol. The maximum Gasteiger partial charge on any atom is 0.181 e. The smallest absolute Gasteiger partial charge is 0.181 e. The van der Waals surface area contributed by atoms with Crippen LogP contribution in [0.15, 0.2) is 42.5 Å². The Morgan fingerprint density at radius 1 is 1.04 bits per heavy atom. The number of nitrogens with one attached hydrogen (secondary N) is 1. The Bertz CT molecular complexity index is 800. The molecule has 0 unspecified atom stereocenters. The molecule has 0 radical (unpaired) electrons. The quantitative estimate of drug-likeness (QED) is 0.762. The lowest BCUT2D eigenvalue weighted by molar-refractivity contribution is 0.311. The lowest BCUT2D eigenvalue weighted by atomic mass is 10.2. The van der Waals surface area contributed by atoms with Gasteiger partial charge in [-0.15, -0.1) is 0 Å². The maximum atomic E-state index is 5.90. The monoisotopic (exact) mass is 329 g/mol. The van der Waals surface area contributed by atoms with E-state index in [0.29, 0.717) is 34.8 Å². The van der Waals surface area contributed by atoms with Crippen molar-refractivity contribution >= 4 is 11.6 Å². The number of methoxy groups -OCH3 is 1. The number of hydrogen-bond acceptors (Lipinski definition) is 4. The third-order valence-electron chi connectivity index (χ3n) is 3.32. The highest BCUT2D eigenvalue weighted by molar-refractivity contribution is 6.30. The minimum atomic E-state index is 0.580. The molecule has 0 bridgehead atoms. The van der Waals surface area contributed by atoms with E-state index in [1.807, 2.05) is 49.4 Å². The topological polar surface area (TPSA) is 60.0 Å². The van der Waals surface area contributed by atoms with E-state index in [2.05, 4.69) is 15.2 Å². The summed E-state index contributed by atoms with van der Waals surface area (Å²) in [5, 5.41) is 7.90. The highest BCUT2D eigenvalue weighted by atomic mass is 35.5. The van der Waals surface area contributed by atoms with Gasteiger partial charge in [0.2, 0.25) is 0 Å². The fraction of sp³-hybridized carbons (Fsp3) is 0.176.